The Kier molecular flexibility index (Phi) is 5.62. The topological polar surface area (TPSA) is 108 Å². The monoisotopic (exact) mass is 460 g/mol. The van der Waals surface area contributed by atoms with E-state index in [9.17, 15) is 14.0 Å². The van der Waals surface area contributed by atoms with Crippen LogP contribution >= 0.6 is 0 Å². The molecule has 1 amide bonds. The molecule has 3 heterocycles. The van der Waals surface area contributed by atoms with Crippen molar-refractivity contribution in [3.8, 4) is 0 Å². The van der Waals surface area contributed by atoms with E-state index in [4.69, 9.17) is 4.52 Å². The van der Waals surface area contributed by atoms with Gasteiger partial charge in [0.05, 0.1) is 17.5 Å². The molecule has 0 aliphatic rings. The molecule has 5 rings (SSSR count). The second kappa shape index (κ2) is 8.89. The summed E-state index contributed by atoms with van der Waals surface area (Å²) in [5, 5.41) is 7.23. The number of aromatic nitrogens is 5. The number of hydrogen-bond donors (Lipinski definition) is 1. The summed E-state index contributed by atoms with van der Waals surface area (Å²) in [6.07, 6.45) is 2.99. The molecule has 0 bridgehead atoms. The summed E-state index contributed by atoms with van der Waals surface area (Å²) in [7, 11) is 0. The number of halogens is 1. The number of amides is 1. The fourth-order valence-corrected chi connectivity index (χ4v) is 3.95. The SMILES string of the molecule is CCCc1noc(Cn2cnc3c4ccccc4n(CC(=O)Nc4ccccc4F)c3c2=O)n1. The van der Waals surface area contributed by atoms with Crippen LogP contribution in [0.1, 0.15) is 25.1 Å². The molecule has 0 spiro atoms. The van der Waals surface area contributed by atoms with Gasteiger partial charge in [-0.05, 0) is 24.6 Å². The summed E-state index contributed by atoms with van der Waals surface area (Å²) in [4.78, 5) is 35.1. The molecule has 0 saturated heterocycles. The Morgan fingerprint density at radius 2 is 1.94 bits per heavy atom. The highest BCUT2D eigenvalue weighted by Crippen LogP contribution is 2.25. The van der Waals surface area contributed by atoms with Gasteiger partial charge in [-0.1, -0.05) is 42.4 Å². The van der Waals surface area contributed by atoms with Crippen molar-refractivity contribution < 1.29 is 13.7 Å². The van der Waals surface area contributed by atoms with Crippen LogP contribution in [0.15, 0.2) is 64.2 Å². The van der Waals surface area contributed by atoms with Crippen LogP contribution in [0.2, 0.25) is 0 Å². The van der Waals surface area contributed by atoms with Gasteiger partial charge in [-0.2, -0.15) is 4.98 Å². The summed E-state index contributed by atoms with van der Waals surface area (Å²) in [6.45, 7) is 1.88. The highest BCUT2D eigenvalue weighted by molar-refractivity contribution is 6.06. The van der Waals surface area contributed by atoms with Crippen molar-refractivity contribution in [3.63, 3.8) is 0 Å². The number of rotatable bonds is 7. The van der Waals surface area contributed by atoms with E-state index in [2.05, 4.69) is 20.4 Å². The van der Waals surface area contributed by atoms with Gasteiger partial charge in [0.2, 0.25) is 11.8 Å². The molecular weight excluding hydrogens is 439 g/mol. The first-order valence-corrected chi connectivity index (χ1v) is 10.9. The summed E-state index contributed by atoms with van der Waals surface area (Å²) in [5.74, 6) is -0.127. The van der Waals surface area contributed by atoms with Gasteiger partial charge in [0, 0.05) is 11.8 Å². The number of benzene rings is 2. The van der Waals surface area contributed by atoms with E-state index < -0.39 is 11.7 Å². The Morgan fingerprint density at radius 3 is 2.76 bits per heavy atom. The number of carbonyl (C=O) groups excluding carboxylic acids is 1. The lowest BCUT2D eigenvalue weighted by Gasteiger charge is -2.10. The molecule has 9 nitrogen and oxygen atoms in total. The number of nitrogens with zero attached hydrogens (tertiary/aromatic N) is 5. The van der Waals surface area contributed by atoms with E-state index in [1.165, 1.54) is 23.0 Å². The molecule has 5 aromatic rings. The van der Waals surface area contributed by atoms with Crippen molar-refractivity contribution in [2.75, 3.05) is 5.32 Å². The van der Waals surface area contributed by atoms with Gasteiger partial charge in [-0.3, -0.25) is 14.2 Å². The quantitative estimate of drug-likeness (QED) is 0.398. The molecule has 0 atom stereocenters. The molecule has 0 aliphatic carbocycles. The fourth-order valence-electron chi connectivity index (χ4n) is 3.95. The van der Waals surface area contributed by atoms with Gasteiger partial charge in [0.15, 0.2) is 5.82 Å². The third kappa shape index (κ3) is 3.94. The summed E-state index contributed by atoms with van der Waals surface area (Å²) in [5.41, 5.74) is 1.14. The maximum absolute atomic E-state index is 14.0. The number of carbonyl (C=O) groups is 1. The van der Waals surface area contributed by atoms with Gasteiger partial charge < -0.3 is 14.4 Å². The van der Waals surface area contributed by atoms with Crippen LogP contribution < -0.4 is 10.9 Å². The lowest BCUT2D eigenvalue weighted by Crippen LogP contribution is -2.25. The van der Waals surface area contributed by atoms with Gasteiger partial charge in [0.1, 0.15) is 29.9 Å². The van der Waals surface area contributed by atoms with E-state index in [1.807, 2.05) is 31.2 Å². The number of hydrogen-bond acceptors (Lipinski definition) is 6. The van der Waals surface area contributed by atoms with Crippen LogP contribution in [0, 0.1) is 5.82 Å². The average Bonchev–Trinajstić information content (AvgIpc) is 3.40. The molecule has 1 N–H and O–H groups in total. The van der Waals surface area contributed by atoms with E-state index in [0.717, 1.165) is 11.8 Å². The lowest BCUT2D eigenvalue weighted by atomic mass is 10.2. The van der Waals surface area contributed by atoms with Crippen molar-refractivity contribution in [1.29, 1.82) is 0 Å². The van der Waals surface area contributed by atoms with E-state index >= 15 is 0 Å². The minimum Gasteiger partial charge on any atom is -0.337 e. The number of fused-ring (bicyclic) bond motifs is 3. The number of anilines is 1. The van der Waals surface area contributed by atoms with Crippen LogP contribution in [0.25, 0.3) is 21.9 Å². The van der Waals surface area contributed by atoms with Crippen molar-refractivity contribution in [2.24, 2.45) is 0 Å². The van der Waals surface area contributed by atoms with Crippen molar-refractivity contribution in [2.45, 2.75) is 32.9 Å². The van der Waals surface area contributed by atoms with Gasteiger partial charge in [0.25, 0.3) is 5.56 Å². The molecule has 0 saturated carbocycles. The van der Waals surface area contributed by atoms with Crippen LogP contribution in [0.5, 0.6) is 0 Å². The Hall–Kier alpha value is -4.34. The Bertz CT molecular complexity index is 1570. The third-order valence-corrected chi connectivity index (χ3v) is 5.47. The van der Waals surface area contributed by atoms with Crippen LogP contribution in [-0.4, -0.2) is 30.2 Å². The molecule has 0 radical (unpaired) electrons. The summed E-state index contributed by atoms with van der Waals surface area (Å²) >= 11 is 0. The van der Waals surface area contributed by atoms with Crippen LogP contribution in [-0.2, 0) is 24.3 Å². The highest BCUT2D eigenvalue weighted by Gasteiger charge is 2.19. The number of aryl methyl sites for hydroxylation is 1. The maximum Gasteiger partial charge on any atom is 0.278 e. The van der Waals surface area contributed by atoms with Gasteiger partial charge in [-0.15, -0.1) is 0 Å². The van der Waals surface area contributed by atoms with Gasteiger partial charge >= 0.3 is 0 Å². The van der Waals surface area contributed by atoms with E-state index in [-0.39, 0.29) is 29.9 Å². The van der Waals surface area contributed by atoms with Crippen LogP contribution in [0.4, 0.5) is 10.1 Å². The zero-order valence-electron chi connectivity index (χ0n) is 18.4. The van der Waals surface area contributed by atoms with Gasteiger partial charge in [-0.25, -0.2) is 9.37 Å². The Balaban J connectivity index is 1.55. The van der Waals surface area contributed by atoms with Crippen molar-refractivity contribution >= 4 is 33.5 Å². The fraction of sp³-hybridized carbons (Fsp3) is 0.208. The van der Waals surface area contributed by atoms with Crippen molar-refractivity contribution in [1.82, 2.24) is 24.3 Å². The zero-order chi connectivity index (χ0) is 23.7. The highest BCUT2D eigenvalue weighted by atomic mass is 19.1. The first kappa shape index (κ1) is 21.5. The van der Waals surface area contributed by atoms with Crippen LogP contribution in [0.3, 0.4) is 0 Å². The second-order valence-corrected chi connectivity index (χ2v) is 7.86. The zero-order valence-corrected chi connectivity index (χ0v) is 18.4. The average molecular weight is 460 g/mol. The minimum absolute atomic E-state index is 0.0570. The predicted octanol–water partition coefficient (Wildman–Crippen LogP) is 3.51. The molecule has 0 unspecified atom stereocenters. The summed E-state index contributed by atoms with van der Waals surface area (Å²) < 4.78 is 22.2. The summed E-state index contributed by atoms with van der Waals surface area (Å²) in [6, 6.07) is 13.2. The van der Waals surface area contributed by atoms with Crippen molar-refractivity contribution in [3.05, 3.63) is 82.7 Å². The first-order chi connectivity index (χ1) is 16.5. The molecular formula is C24H21FN6O3. The standard InChI is InChI=1S/C24H21FN6O3/c1-2-7-19-28-21(34-29-19)13-30-14-26-22-15-8-3-6-11-18(15)31(23(22)24(30)33)12-20(32)27-17-10-5-4-9-16(17)25/h3-6,8-11,14H,2,7,12-13H2,1H3,(H,27,32). The number of nitrogens with one attached hydrogen (secondary N) is 1. The second-order valence-electron chi connectivity index (χ2n) is 7.86. The first-order valence-electron chi connectivity index (χ1n) is 10.9. The normalized spacial score (nSPS) is 11.4. The lowest BCUT2D eigenvalue weighted by molar-refractivity contribution is -0.116. The predicted molar refractivity (Wildman–Crippen MR) is 124 cm³/mol. The largest absolute Gasteiger partial charge is 0.337 e. The minimum atomic E-state index is -0.538. The van der Waals surface area contributed by atoms with E-state index in [0.29, 0.717) is 29.2 Å². The molecule has 10 heteroatoms. The Labute approximate surface area is 192 Å². The molecule has 172 valence electrons. The van der Waals surface area contributed by atoms with E-state index in [1.54, 1.807) is 16.7 Å². The smallest absolute Gasteiger partial charge is 0.278 e. The maximum atomic E-state index is 14.0. The molecule has 0 aliphatic heterocycles. The molecule has 34 heavy (non-hydrogen) atoms. The molecule has 3 aromatic heterocycles. The molecule has 0 fully saturated rings. The third-order valence-electron chi connectivity index (χ3n) is 5.47. The number of para-hydroxylation sites is 2. The molecule has 2 aromatic carbocycles. The Morgan fingerprint density at radius 1 is 1.15 bits per heavy atom.